The summed E-state index contributed by atoms with van der Waals surface area (Å²) in [6.07, 6.45) is 3.48. The summed E-state index contributed by atoms with van der Waals surface area (Å²) < 4.78 is 17.5. The fourth-order valence-corrected chi connectivity index (χ4v) is 3.19. The molecule has 4 rings (SSSR count). The van der Waals surface area contributed by atoms with Crippen molar-refractivity contribution in [1.82, 2.24) is 15.1 Å². The van der Waals surface area contributed by atoms with Gasteiger partial charge in [0.15, 0.2) is 0 Å². The quantitative estimate of drug-likeness (QED) is 0.662. The molecule has 26 heavy (non-hydrogen) atoms. The Morgan fingerprint density at radius 3 is 2.69 bits per heavy atom. The molecule has 1 saturated heterocycles. The third kappa shape index (κ3) is 4.03. The first-order chi connectivity index (χ1) is 12.8. The largest absolute Gasteiger partial charge is 0.462 e. The molecular formula is C20H23N3O3. The van der Waals surface area contributed by atoms with Gasteiger partial charge in [0.05, 0.1) is 13.1 Å². The van der Waals surface area contributed by atoms with Crippen molar-refractivity contribution in [3.8, 4) is 11.5 Å². The van der Waals surface area contributed by atoms with Gasteiger partial charge in [0.2, 0.25) is 11.8 Å². The number of ether oxygens (including phenoxy) is 1. The van der Waals surface area contributed by atoms with Crippen molar-refractivity contribution in [2.45, 2.75) is 38.5 Å². The molecule has 3 aromatic rings. The van der Waals surface area contributed by atoms with E-state index in [1.807, 2.05) is 49.5 Å². The van der Waals surface area contributed by atoms with Crippen molar-refractivity contribution in [2.75, 3.05) is 13.7 Å². The molecule has 0 bridgehead atoms. The van der Waals surface area contributed by atoms with E-state index >= 15 is 0 Å². The van der Waals surface area contributed by atoms with Crippen LogP contribution >= 0.6 is 0 Å². The Morgan fingerprint density at radius 2 is 1.88 bits per heavy atom. The summed E-state index contributed by atoms with van der Waals surface area (Å²) >= 11 is 0. The van der Waals surface area contributed by atoms with Gasteiger partial charge in [0.25, 0.3) is 0 Å². The van der Waals surface area contributed by atoms with E-state index < -0.39 is 0 Å². The van der Waals surface area contributed by atoms with Gasteiger partial charge in [-0.05, 0) is 50.6 Å². The van der Waals surface area contributed by atoms with Gasteiger partial charge in [-0.15, -0.1) is 10.2 Å². The van der Waals surface area contributed by atoms with Crippen LogP contribution < -0.4 is 0 Å². The Kier molecular flexibility index (Phi) is 5.13. The van der Waals surface area contributed by atoms with Crippen LogP contribution in [-0.2, 0) is 17.8 Å². The van der Waals surface area contributed by atoms with Gasteiger partial charge in [0, 0.05) is 12.2 Å². The van der Waals surface area contributed by atoms with E-state index in [2.05, 4.69) is 15.1 Å². The number of hydrogen-bond donors (Lipinski definition) is 0. The molecule has 6 nitrogen and oxygen atoms in total. The summed E-state index contributed by atoms with van der Waals surface area (Å²) in [5, 5.41) is 8.27. The minimum Gasteiger partial charge on any atom is -0.462 e. The first-order valence-corrected chi connectivity index (χ1v) is 9.04. The van der Waals surface area contributed by atoms with Crippen LogP contribution in [0.5, 0.6) is 0 Å². The maximum Gasteiger partial charge on any atom is 0.247 e. The Balaban J connectivity index is 1.35. The van der Waals surface area contributed by atoms with Gasteiger partial charge in [-0.1, -0.05) is 18.2 Å². The lowest BCUT2D eigenvalue weighted by Gasteiger charge is -2.20. The lowest BCUT2D eigenvalue weighted by molar-refractivity contribution is 0.000886. The molecule has 1 aliphatic heterocycles. The molecule has 0 amide bonds. The molecule has 2 aromatic heterocycles. The van der Waals surface area contributed by atoms with Crippen LogP contribution in [0.4, 0.5) is 0 Å². The molecule has 6 heteroatoms. The van der Waals surface area contributed by atoms with Crippen molar-refractivity contribution < 1.29 is 13.6 Å². The van der Waals surface area contributed by atoms with Gasteiger partial charge in [-0.3, -0.25) is 4.90 Å². The van der Waals surface area contributed by atoms with Crippen LogP contribution in [0.15, 0.2) is 51.3 Å². The van der Waals surface area contributed by atoms with Crippen LogP contribution in [-0.4, -0.2) is 28.8 Å². The number of aromatic nitrogens is 2. The van der Waals surface area contributed by atoms with Crippen molar-refractivity contribution in [1.29, 1.82) is 0 Å². The summed E-state index contributed by atoms with van der Waals surface area (Å²) in [5.74, 6) is 2.98. The molecule has 1 fully saturated rings. The van der Waals surface area contributed by atoms with Crippen LogP contribution in [0.25, 0.3) is 11.5 Å². The maximum absolute atomic E-state index is 5.97. The Morgan fingerprint density at radius 1 is 1.00 bits per heavy atom. The smallest absolute Gasteiger partial charge is 0.247 e. The summed E-state index contributed by atoms with van der Waals surface area (Å²) in [6, 6.07) is 13.8. The monoisotopic (exact) mass is 353 g/mol. The predicted molar refractivity (Wildman–Crippen MR) is 96.2 cm³/mol. The minimum absolute atomic E-state index is 0.104. The number of furan rings is 1. The Labute approximate surface area is 152 Å². The first-order valence-electron chi connectivity index (χ1n) is 9.04. The second-order valence-corrected chi connectivity index (χ2v) is 6.70. The minimum atomic E-state index is 0.104. The van der Waals surface area contributed by atoms with E-state index in [0.29, 0.717) is 24.9 Å². The van der Waals surface area contributed by atoms with Gasteiger partial charge in [-0.2, -0.15) is 0 Å². The highest BCUT2D eigenvalue weighted by molar-refractivity contribution is 5.51. The standard InChI is InChI=1S/C20H23N3O3/c1-23(13-16-10-11-18(25-16)17-9-5-6-12-24-17)14-19-21-22-20(26-19)15-7-3-2-4-8-15/h2-4,7-8,10-11,17H,5-6,9,12-14H2,1H3/t17-/m0/s1. The number of nitrogens with zero attached hydrogens (tertiary/aromatic N) is 3. The van der Waals surface area contributed by atoms with Gasteiger partial charge in [0.1, 0.15) is 17.6 Å². The summed E-state index contributed by atoms with van der Waals surface area (Å²) in [7, 11) is 2.01. The number of rotatable bonds is 6. The van der Waals surface area contributed by atoms with Crippen molar-refractivity contribution in [3.63, 3.8) is 0 Å². The van der Waals surface area contributed by atoms with Crippen molar-refractivity contribution >= 4 is 0 Å². The molecule has 0 aliphatic carbocycles. The summed E-state index contributed by atoms with van der Waals surface area (Å²) in [5.41, 5.74) is 0.928. The Bertz CT molecular complexity index is 822. The van der Waals surface area contributed by atoms with Crippen molar-refractivity contribution in [3.05, 3.63) is 59.9 Å². The lowest BCUT2D eigenvalue weighted by atomic mass is 10.1. The molecule has 0 saturated carbocycles. The second kappa shape index (κ2) is 7.85. The summed E-state index contributed by atoms with van der Waals surface area (Å²) in [6.45, 7) is 2.06. The first kappa shape index (κ1) is 17.0. The molecule has 1 aromatic carbocycles. The zero-order valence-electron chi connectivity index (χ0n) is 14.9. The number of benzene rings is 1. The van der Waals surface area contributed by atoms with E-state index in [0.717, 1.165) is 36.5 Å². The molecule has 0 spiro atoms. The average molecular weight is 353 g/mol. The molecule has 1 aliphatic rings. The zero-order chi connectivity index (χ0) is 17.8. The Hall–Kier alpha value is -2.44. The van der Waals surface area contributed by atoms with Crippen LogP contribution in [0.3, 0.4) is 0 Å². The van der Waals surface area contributed by atoms with Crippen LogP contribution in [0.1, 0.15) is 42.8 Å². The molecule has 0 unspecified atom stereocenters. The van der Waals surface area contributed by atoms with Crippen LogP contribution in [0, 0.1) is 0 Å². The molecular weight excluding hydrogens is 330 g/mol. The zero-order valence-corrected chi connectivity index (χ0v) is 14.9. The highest BCUT2D eigenvalue weighted by Crippen LogP contribution is 2.29. The third-order valence-electron chi connectivity index (χ3n) is 4.50. The average Bonchev–Trinajstić information content (AvgIpc) is 3.33. The SMILES string of the molecule is CN(Cc1ccc([C@@H]2CCCCO2)o1)Cc1nnc(-c2ccccc2)o1. The topological polar surface area (TPSA) is 64.5 Å². The highest BCUT2D eigenvalue weighted by Gasteiger charge is 2.20. The molecule has 3 heterocycles. The van der Waals surface area contributed by atoms with Gasteiger partial charge in [-0.25, -0.2) is 0 Å². The second-order valence-electron chi connectivity index (χ2n) is 6.70. The molecule has 1 atom stereocenters. The van der Waals surface area contributed by atoms with E-state index in [1.54, 1.807) is 0 Å². The summed E-state index contributed by atoms with van der Waals surface area (Å²) in [4.78, 5) is 2.09. The third-order valence-corrected chi connectivity index (χ3v) is 4.50. The van der Waals surface area contributed by atoms with E-state index in [1.165, 1.54) is 6.42 Å². The fourth-order valence-electron chi connectivity index (χ4n) is 3.19. The number of hydrogen-bond acceptors (Lipinski definition) is 6. The normalized spacial score (nSPS) is 17.7. The molecule has 0 N–H and O–H groups in total. The predicted octanol–water partition coefficient (Wildman–Crippen LogP) is 4.20. The molecule has 136 valence electrons. The van der Waals surface area contributed by atoms with E-state index in [-0.39, 0.29) is 6.10 Å². The van der Waals surface area contributed by atoms with E-state index in [4.69, 9.17) is 13.6 Å². The van der Waals surface area contributed by atoms with E-state index in [9.17, 15) is 0 Å². The fraction of sp³-hybridized carbons (Fsp3) is 0.400. The van der Waals surface area contributed by atoms with Gasteiger partial charge < -0.3 is 13.6 Å². The lowest BCUT2D eigenvalue weighted by Crippen LogP contribution is -2.17. The maximum atomic E-state index is 5.97. The van der Waals surface area contributed by atoms with Crippen LogP contribution in [0.2, 0.25) is 0 Å². The highest BCUT2D eigenvalue weighted by atomic mass is 16.5. The van der Waals surface area contributed by atoms with Crippen molar-refractivity contribution in [2.24, 2.45) is 0 Å². The van der Waals surface area contributed by atoms with Gasteiger partial charge >= 0.3 is 0 Å². The molecule has 0 radical (unpaired) electrons.